The Morgan fingerprint density at radius 1 is 1.60 bits per heavy atom. The second-order valence-electron chi connectivity index (χ2n) is 3.64. The quantitative estimate of drug-likeness (QED) is 0.608. The zero-order valence-corrected chi connectivity index (χ0v) is 9.75. The third-order valence-corrected chi connectivity index (χ3v) is 1.73. The summed E-state index contributed by atoms with van der Waals surface area (Å²) in [5.74, 6) is 2.30. The second-order valence-corrected chi connectivity index (χ2v) is 3.64. The monoisotopic (exact) mass is 212 g/mol. The average molecular weight is 212 g/mol. The first-order valence-corrected chi connectivity index (χ1v) is 5.06. The Kier molecular flexibility index (Phi) is 7.69. The molecule has 0 radical (unpaired) electrons. The van der Waals surface area contributed by atoms with Gasteiger partial charge in [-0.15, -0.1) is 6.42 Å². The van der Waals surface area contributed by atoms with Gasteiger partial charge in [0.2, 0.25) is 5.91 Å². The van der Waals surface area contributed by atoms with E-state index >= 15 is 0 Å². The summed E-state index contributed by atoms with van der Waals surface area (Å²) in [6.45, 7) is 5.98. The summed E-state index contributed by atoms with van der Waals surface area (Å²) >= 11 is 0. The zero-order chi connectivity index (χ0) is 11.7. The van der Waals surface area contributed by atoms with E-state index in [-0.39, 0.29) is 18.6 Å². The molecule has 1 N–H and O–H groups in total. The van der Waals surface area contributed by atoms with E-state index in [1.807, 2.05) is 25.8 Å². The molecule has 0 atom stereocenters. The first-order chi connectivity index (χ1) is 7.06. The summed E-state index contributed by atoms with van der Waals surface area (Å²) in [4.78, 5) is 13.1. The van der Waals surface area contributed by atoms with Crippen molar-refractivity contribution >= 4 is 5.91 Å². The molecule has 0 rings (SSSR count). The van der Waals surface area contributed by atoms with Crippen molar-refractivity contribution in [2.45, 2.75) is 20.0 Å². The Labute approximate surface area is 92.0 Å². The molecular weight excluding hydrogens is 192 g/mol. The van der Waals surface area contributed by atoms with Crippen LogP contribution in [0.2, 0.25) is 0 Å². The summed E-state index contributed by atoms with van der Waals surface area (Å²) < 4.78 is 5.37. The first-order valence-electron chi connectivity index (χ1n) is 5.06. The van der Waals surface area contributed by atoms with Crippen LogP contribution in [0.25, 0.3) is 0 Å². The van der Waals surface area contributed by atoms with Gasteiger partial charge in [0.1, 0.15) is 0 Å². The molecule has 0 aromatic carbocycles. The van der Waals surface area contributed by atoms with Gasteiger partial charge in [0, 0.05) is 6.54 Å². The third kappa shape index (κ3) is 9.26. The molecule has 0 aliphatic carbocycles. The highest BCUT2D eigenvalue weighted by Crippen LogP contribution is 1.89. The molecule has 0 heterocycles. The van der Waals surface area contributed by atoms with Crippen LogP contribution in [-0.2, 0) is 9.53 Å². The molecule has 15 heavy (non-hydrogen) atoms. The van der Waals surface area contributed by atoms with E-state index in [1.165, 1.54) is 0 Å². The summed E-state index contributed by atoms with van der Waals surface area (Å²) in [6, 6.07) is 0. The maximum absolute atomic E-state index is 11.2. The lowest BCUT2D eigenvalue weighted by Gasteiger charge is -2.16. The molecule has 0 aliphatic rings. The highest BCUT2D eigenvalue weighted by Gasteiger charge is 2.05. The van der Waals surface area contributed by atoms with E-state index in [2.05, 4.69) is 11.2 Å². The Morgan fingerprint density at radius 2 is 2.27 bits per heavy atom. The van der Waals surface area contributed by atoms with E-state index in [4.69, 9.17) is 11.2 Å². The third-order valence-electron chi connectivity index (χ3n) is 1.73. The average Bonchev–Trinajstić information content (AvgIpc) is 2.14. The minimum Gasteiger partial charge on any atom is -0.377 e. The normalized spacial score (nSPS) is 10.4. The molecule has 4 nitrogen and oxygen atoms in total. The van der Waals surface area contributed by atoms with Crippen LogP contribution in [0.15, 0.2) is 0 Å². The lowest BCUT2D eigenvalue weighted by Crippen LogP contribution is -2.36. The highest BCUT2D eigenvalue weighted by atomic mass is 16.5. The SMILES string of the molecule is C#CCNC(=O)CN(C)CCOC(C)C. The molecular formula is C11H20N2O2. The number of carbonyl (C=O) groups excluding carboxylic acids is 1. The van der Waals surface area contributed by atoms with Crippen molar-refractivity contribution in [2.24, 2.45) is 0 Å². The Morgan fingerprint density at radius 3 is 2.80 bits per heavy atom. The predicted molar refractivity (Wildman–Crippen MR) is 60.4 cm³/mol. The second kappa shape index (κ2) is 8.27. The number of nitrogens with one attached hydrogen (secondary N) is 1. The van der Waals surface area contributed by atoms with Crippen molar-refractivity contribution in [1.82, 2.24) is 10.2 Å². The van der Waals surface area contributed by atoms with Crippen molar-refractivity contribution in [3.63, 3.8) is 0 Å². The predicted octanol–water partition coefficient (Wildman–Crippen LogP) is 0.0926. The number of hydrogen-bond donors (Lipinski definition) is 1. The van der Waals surface area contributed by atoms with Crippen LogP contribution in [0.1, 0.15) is 13.8 Å². The van der Waals surface area contributed by atoms with Crippen LogP contribution in [0, 0.1) is 12.3 Å². The largest absolute Gasteiger partial charge is 0.377 e. The number of ether oxygens (including phenoxy) is 1. The van der Waals surface area contributed by atoms with Crippen molar-refractivity contribution in [3.05, 3.63) is 0 Å². The fourth-order valence-electron chi connectivity index (χ4n) is 0.974. The highest BCUT2D eigenvalue weighted by molar-refractivity contribution is 5.78. The van der Waals surface area contributed by atoms with Crippen molar-refractivity contribution < 1.29 is 9.53 Å². The molecule has 0 aromatic rings. The van der Waals surface area contributed by atoms with Gasteiger partial charge in [0.15, 0.2) is 0 Å². The number of amides is 1. The summed E-state index contributed by atoms with van der Waals surface area (Å²) in [6.07, 6.45) is 5.25. The van der Waals surface area contributed by atoms with Crippen LogP contribution < -0.4 is 5.32 Å². The molecule has 0 saturated heterocycles. The molecule has 0 spiro atoms. The number of hydrogen-bond acceptors (Lipinski definition) is 3. The van der Waals surface area contributed by atoms with Gasteiger partial charge < -0.3 is 10.1 Å². The summed E-state index contributed by atoms with van der Waals surface area (Å²) in [5, 5.41) is 2.60. The zero-order valence-electron chi connectivity index (χ0n) is 9.75. The minimum atomic E-state index is -0.0556. The standard InChI is InChI=1S/C11H20N2O2/c1-5-6-12-11(14)9-13(4)7-8-15-10(2)3/h1,10H,6-9H2,2-4H3,(H,12,14). The Hall–Kier alpha value is -1.05. The molecule has 0 aromatic heterocycles. The number of rotatable bonds is 7. The van der Waals surface area contributed by atoms with Gasteiger partial charge in [0.25, 0.3) is 0 Å². The number of likely N-dealkylation sites (N-methyl/N-ethyl adjacent to an activating group) is 1. The van der Waals surface area contributed by atoms with E-state index in [0.717, 1.165) is 6.54 Å². The lowest BCUT2D eigenvalue weighted by atomic mass is 10.4. The van der Waals surface area contributed by atoms with E-state index in [9.17, 15) is 4.79 Å². The lowest BCUT2D eigenvalue weighted by molar-refractivity contribution is -0.121. The van der Waals surface area contributed by atoms with E-state index in [0.29, 0.717) is 13.2 Å². The molecule has 86 valence electrons. The number of carbonyl (C=O) groups is 1. The molecule has 0 fully saturated rings. The first kappa shape index (κ1) is 13.9. The van der Waals surface area contributed by atoms with Crippen molar-refractivity contribution in [3.8, 4) is 12.3 Å². The van der Waals surface area contributed by atoms with E-state index in [1.54, 1.807) is 0 Å². The summed E-state index contributed by atoms with van der Waals surface area (Å²) in [5.41, 5.74) is 0. The van der Waals surface area contributed by atoms with Crippen molar-refractivity contribution in [2.75, 3.05) is 33.3 Å². The fourth-order valence-corrected chi connectivity index (χ4v) is 0.974. The molecule has 0 bridgehead atoms. The fraction of sp³-hybridized carbons (Fsp3) is 0.727. The van der Waals surface area contributed by atoms with Gasteiger partial charge in [-0.05, 0) is 20.9 Å². The molecule has 0 unspecified atom stereocenters. The van der Waals surface area contributed by atoms with E-state index < -0.39 is 0 Å². The van der Waals surface area contributed by atoms with Crippen molar-refractivity contribution in [1.29, 1.82) is 0 Å². The van der Waals surface area contributed by atoms with Gasteiger partial charge in [-0.2, -0.15) is 0 Å². The van der Waals surface area contributed by atoms with Gasteiger partial charge in [0.05, 0.1) is 25.8 Å². The van der Waals surface area contributed by atoms with Crippen LogP contribution in [0.4, 0.5) is 0 Å². The van der Waals surface area contributed by atoms with Gasteiger partial charge >= 0.3 is 0 Å². The molecule has 0 saturated carbocycles. The molecule has 4 heteroatoms. The topological polar surface area (TPSA) is 41.6 Å². The number of terminal acetylenes is 1. The summed E-state index contributed by atoms with van der Waals surface area (Å²) in [7, 11) is 1.87. The Balaban J connectivity index is 3.51. The van der Waals surface area contributed by atoms with Gasteiger partial charge in [-0.25, -0.2) is 0 Å². The molecule has 1 amide bonds. The van der Waals surface area contributed by atoms with Crippen LogP contribution >= 0.6 is 0 Å². The van der Waals surface area contributed by atoms with Gasteiger partial charge in [-0.1, -0.05) is 5.92 Å². The van der Waals surface area contributed by atoms with Crippen LogP contribution in [-0.4, -0.2) is 50.2 Å². The maximum Gasteiger partial charge on any atom is 0.234 e. The van der Waals surface area contributed by atoms with Gasteiger partial charge in [-0.3, -0.25) is 9.69 Å². The maximum atomic E-state index is 11.2. The molecule has 0 aliphatic heterocycles. The minimum absolute atomic E-state index is 0.0556. The Bertz CT molecular complexity index is 221. The smallest absolute Gasteiger partial charge is 0.234 e. The van der Waals surface area contributed by atoms with Crippen LogP contribution in [0.5, 0.6) is 0 Å². The number of nitrogens with zero attached hydrogens (tertiary/aromatic N) is 1. The van der Waals surface area contributed by atoms with Crippen LogP contribution in [0.3, 0.4) is 0 Å².